The predicted octanol–water partition coefficient (Wildman–Crippen LogP) is 0.461. The monoisotopic (exact) mass is 169 g/mol. The molecule has 2 atom stereocenters. The number of hydrogen-bond donors (Lipinski definition) is 0. The van der Waals surface area contributed by atoms with Crippen molar-refractivity contribution in [2.45, 2.75) is 19.1 Å². The first-order valence-electron chi connectivity index (χ1n) is 4.08. The van der Waals surface area contributed by atoms with Crippen LogP contribution in [-0.4, -0.2) is 43.5 Å². The van der Waals surface area contributed by atoms with E-state index in [2.05, 4.69) is 0 Å². The molecule has 0 aromatic carbocycles. The number of likely N-dealkylation sites (N-methyl/N-ethyl adjacent to an activating group) is 1. The second-order valence-electron chi connectivity index (χ2n) is 3.25. The van der Waals surface area contributed by atoms with Crippen molar-refractivity contribution in [3.05, 3.63) is 12.2 Å². The number of carbonyl (C=O) groups is 1. The van der Waals surface area contributed by atoms with Crippen LogP contribution in [0.1, 0.15) is 6.92 Å². The van der Waals surface area contributed by atoms with Crippen LogP contribution in [-0.2, 0) is 9.53 Å². The van der Waals surface area contributed by atoms with Gasteiger partial charge in [-0.25, -0.2) is 0 Å². The summed E-state index contributed by atoms with van der Waals surface area (Å²) in [4.78, 5) is 13.1. The van der Waals surface area contributed by atoms with Gasteiger partial charge in [-0.2, -0.15) is 0 Å². The third kappa shape index (κ3) is 1.93. The molecule has 0 aromatic heterocycles. The van der Waals surface area contributed by atoms with E-state index in [4.69, 9.17) is 4.74 Å². The van der Waals surface area contributed by atoms with Gasteiger partial charge in [0.15, 0.2) is 0 Å². The van der Waals surface area contributed by atoms with Crippen LogP contribution in [0.15, 0.2) is 12.2 Å². The number of Topliss-reactive ketones (excluding diaryl/α,β-unsaturated/α-hetero) is 1. The van der Waals surface area contributed by atoms with Gasteiger partial charge < -0.3 is 4.74 Å². The standard InChI is InChI=1S/C9H15NO2/c1-7(11)9(10(2)3)8-5-4-6-12-8/h4-5,8-9H,6H2,1-3H3. The number of ketones is 1. The lowest BCUT2D eigenvalue weighted by atomic mass is 10.1. The summed E-state index contributed by atoms with van der Waals surface area (Å²) < 4.78 is 5.36. The first kappa shape index (κ1) is 9.42. The van der Waals surface area contributed by atoms with Gasteiger partial charge in [0.1, 0.15) is 5.78 Å². The Hall–Kier alpha value is -0.670. The molecule has 68 valence electrons. The van der Waals surface area contributed by atoms with E-state index in [0.29, 0.717) is 6.61 Å². The van der Waals surface area contributed by atoms with Crippen LogP contribution < -0.4 is 0 Å². The molecule has 0 saturated heterocycles. The minimum atomic E-state index is -0.135. The van der Waals surface area contributed by atoms with Gasteiger partial charge in [0.05, 0.1) is 18.8 Å². The molecule has 1 heterocycles. The van der Waals surface area contributed by atoms with Crippen molar-refractivity contribution >= 4 is 5.78 Å². The maximum Gasteiger partial charge on any atom is 0.149 e. The Balaban J connectivity index is 2.65. The average Bonchev–Trinajstić information content (AvgIpc) is 2.37. The largest absolute Gasteiger partial charge is 0.368 e. The molecule has 1 aliphatic rings. The summed E-state index contributed by atoms with van der Waals surface area (Å²) in [7, 11) is 3.78. The van der Waals surface area contributed by atoms with Crippen molar-refractivity contribution in [1.29, 1.82) is 0 Å². The lowest BCUT2D eigenvalue weighted by molar-refractivity contribution is -0.124. The van der Waals surface area contributed by atoms with Crippen molar-refractivity contribution in [3.8, 4) is 0 Å². The SMILES string of the molecule is CC(=O)C(C1C=CCO1)N(C)C. The van der Waals surface area contributed by atoms with Crippen molar-refractivity contribution in [1.82, 2.24) is 4.90 Å². The van der Waals surface area contributed by atoms with Gasteiger partial charge in [-0.05, 0) is 21.0 Å². The third-order valence-corrected chi connectivity index (χ3v) is 1.99. The smallest absolute Gasteiger partial charge is 0.149 e. The van der Waals surface area contributed by atoms with E-state index >= 15 is 0 Å². The zero-order valence-corrected chi connectivity index (χ0v) is 7.78. The molecule has 0 amide bonds. The maximum absolute atomic E-state index is 11.2. The highest BCUT2D eigenvalue weighted by molar-refractivity contribution is 5.82. The lowest BCUT2D eigenvalue weighted by Crippen LogP contribution is -2.43. The summed E-state index contributed by atoms with van der Waals surface area (Å²) in [5.41, 5.74) is 0. The molecule has 12 heavy (non-hydrogen) atoms. The number of ether oxygens (including phenoxy) is 1. The van der Waals surface area contributed by atoms with Crippen LogP contribution in [0.3, 0.4) is 0 Å². The first-order valence-corrected chi connectivity index (χ1v) is 4.08. The van der Waals surface area contributed by atoms with Crippen LogP contribution in [0, 0.1) is 0 Å². The minimum Gasteiger partial charge on any atom is -0.368 e. The molecular formula is C9H15NO2. The van der Waals surface area contributed by atoms with Gasteiger partial charge in [0.2, 0.25) is 0 Å². The zero-order valence-electron chi connectivity index (χ0n) is 7.78. The fourth-order valence-electron chi connectivity index (χ4n) is 1.50. The molecular weight excluding hydrogens is 154 g/mol. The van der Waals surface area contributed by atoms with E-state index in [1.807, 2.05) is 31.1 Å². The molecule has 0 saturated carbocycles. The van der Waals surface area contributed by atoms with E-state index in [1.54, 1.807) is 6.92 Å². The topological polar surface area (TPSA) is 29.5 Å². The van der Waals surface area contributed by atoms with E-state index in [0.717, 1.165) is 0 Å². The molecule has 2 unspecified atom stereocenters. The summed E-state index contributed by atoms with van der Waals surface area (Å²) in [6.45, 7) is 2.22. The van der Waals surface area contributed by atoms with Crippen LogP contribution in [0.5, 0.6) is 0 Å². The van der Waals surface area contributed by atoms with Crippen molar-refractivity contribution in [3.63, 3.8) is 0 Å². The fraction of sp³-hybridized carbons (Fsp3) is 0.667. The first-order chi connectivity index (χ1) is 5.63. The summed E-state index contributed by atoms with van der Waals surface area (Å²) >= 11 is 0. The van der Waals surface area contributed by atoms with Gasteiger partial charge in [-0.1, -0.05) is 12.2 Å². The quantitative estimate of drug-likeness (QED) is 0.575. The van der Waals surface area contributed by atoms with E-state index in [9.17, 15) is 4.79 Å². The Labute approximate surface area is 73.0 Å². The van der Waals surface area contributed by atoms with E-state index < -0.39 is 0 Å². The highest BCUT2D eigenvalue weighted by Gasteiger charge is 2.27. The molecule has 0 aromatic rings. The van der Waals surface area contributed by atoms with Gasteiger partial charge >= 0.3 is 0 Å². The molecule has 0 aliphatic carbocycles. The maximum atomic E-state index is 11.2. The summed E-state index contributed by atoms with van der Waals surface area (Å²) in [6.07, 6.45) is 3.84. The molecule has 0 fully saturated rings. The van der Waals surface area contributed by atoms with Gasteiger partial charge in [0.25, 0.3) is 0 Å². The van der Waals surface area contributed by atoms with Crippen LogP contribution in [0.4, 0.5) is 0 Å². The highest BCUT2D eigenvalue weighted by Crippen LogP contribution is 2.12. The van der Waals surface area contributed by atoms with Crippen LogP contribution in [0.25, 0.3) is 0 Å². The minimum absolute atomic E-state index is 0.0579. The van der Waals surface area contributed by atoms with Crippen LogP contribution in [0.2, 0.25) is 0 Å². The van der Waals surface area contributed by atoms with Gasteiger partial charge in [0, 0.05) is 0 Å². The van der Waals surface area contributed by atoms with Crippen molar-refractivity contribution in [2.24, 2.45) is 0 Å². The normalized spacial score (nSPS) is 24.8. The number of rotatable bonds is 3. The Bertz CT molecular complexity index is 199. The second-order valence-corrected chi connectivity index (χ2v) is 3.25. The molecule has 0 N–H and O–H groups in total. The molecule has 3 nitrogen and oxygen atoms in total. The van der Waals surface area contributed by atoms with Crippen molar-refractivity contribution < 1.29 is 9.53 Å². The molecule has 1 aliphatic heterocycles. The third-order valence-electron chi connectivity index (χ3n) is 1.99. The number of nitrogens with zero attached hydrogens (tertiary/aromatic N) is 1. The summed E-state index contributed by atoms with van der Waals surface area (Å²) in [5.74, 6) is 0.150. The highest BCUT2D eigenvalue weighted by atomic mass is 16.5. The Morgan fingerprint density at radius 1 is 1.67 bits per heavy atom. The Morgan fingerprint density at radius 3 is 2.67 bits per heavy atom. The Kier molecular flexibility index (Phi) is 3.00. The van der Waals surface area contributed by atoms with Gasteiger partial charge in [-0.15, -0.1) is 0 Å². The fourth-order valence-corrected chi connectivity index (χ4v) is 1.50. The molecule has 0 radical (unpaired) electrons. The molecule has 0 spiro atoms. The van der Waals surface area contributed by atoms with Gasteiger partial charge in [-0.3, -0.25) is 9.69 Å². The van der Waals surface area contributed by atoms with E-state index in [-0.39, 0.29) is 17.9 Å². The summed E-state index contributed by atoms with van der Waals surface area (Å²) in [6, 6.07) is -0.135. The number of carbonyl (C=O) groups excluding carboxylic acids is 1. The average molecular weight is 169 g/mol. The Morgan fingerprint density at radius 2 is 2.33 bits per heavy atom. The van der Waals surface area contributed by atoms with Crippen molar-refractivity contribution in [2.75, 3.05) is 20.7 Å². The molecule has 3 heteroatoms. The molecule has 0 bridgehead atoms. The summed E-state index contributed by atoms with van der Waals surface area (Å²) in [5, 5.41) is 0. The van der Waals surface area contributed by atoms with Crippen LogP contribution >= 0.6 is 0 Å². The predicted molar refractivity (Wildman–Crippen MR) is 47.0 cm³/mol. The van der Waals surface area contributed by atoms with E-state index in [1.165, 1.54) is 0 Å². The lowest BCUT2D eigenvalue weighted by Gasteiger charge is -2.25. The zero-order chi connectivity index (χ0) is 9.14. The second kappa shape index (κ2) is 3.83. The number of hydrogen-bond acceptors (Lipinski definition) is 3. The molecule has 1 rings (SSSR count).